The van der Waals surface area contributed by atoms with Gasteiger partial charge in [-0.3, -0.25) is 9.69 Å². The standard InChI is InChI=1S/C15H18Cl2N2O2/c16-13-2-1-11(14(17)7-13)8-18-9-12(10-18)15(20)19-3-5-21-6-4-19/h1-2,7,12H,3-6,8-10H2. The van der Waals surface area contributed by atoms with Crippen LogP contribution in [-0.2, 0) is 16.1 Å². The van der Waals surface area contributed by atoms with Crippen LogP contribution >= 0.6 is 23.2 Å². The molecule has 3 rings (SSSR count). The van der Waals surface area contributed by atoms with Crippen LogP contribution in [0.1, 0.15) is 5.56 Å². The second-order valence-electron chi connectivity index (χ2n) is 5.56. The summed E-state index contributed by atoms with van der Waals surface area (Å²) in [7, 11) is 0. The molecule has 6 heteroatoms. The maximum atomic E-state index is 12.3. The summed E-state index contributed by atoms with van der Waals surface area (Å²) in [5, 5.41) is 1.33. The van der Waals surface area contributed by atoms with Crippen LogP contribution in [0.4, 0.5) is 0 Å². The molecule has 1 amide bonds. The van der Waals surface area contributed by atoms with Crippen molar-refractivity contribution < 1.29 is 9.53 Å². The Morgan fingerprint density at radius 2 is 1.95 bits per heavy atom. The summed E-state index contributed by atoms with van der Waals surface area (Å²) in [5.74, 6) is 0.380. The van der Waals surface area contributed by atoms with Crippen LogP contribution in [0.25, 0.3) is 0 Å². The molecule has 2 heterocycles. The van der Waals surface area contributed by atoms with E-state index in [-0.39, 0.29) is 11.8 Å². The molecule has 1 aromatic rings. The average Bonchev–Trinajstić information content (AvgIpc) is 2.44. The van der Waals surface area contributed by atoms with E-state index in [4.69, 9.17) is 27.9 Å². The highest BCUT2D eigenvalue weighted by atomic mass is 35.5. The molecule has 2 aliphatic rings. The van der Waals surface area contributed by atoms with Crippen LogP contribution in [-0.4, -0.2) is 55.1 Å². The Balaban J connectivity index is 1.50. The number of nitrogens with zero attached hydrogens (tertiary/aromatic N) is 2. The van der Waals surface area contributed by atoms with Gasteiger partial charge in [-0.2, -0.15) is 0 Å². The summed E-state index contributed by atoms with van der Waals surface area (Å²) in [6, 6.07) is 5.55. The first-order chi connectivity index (χ1) is 10.1. The van der Waals surface area contributed by atoms with Crippen molar-refractivity contribution in [3.63, 3.8) is 0 Å². The number of amides is 1. The van der Waals surface area contributed by atoms with Crippen LogP contribution in [0, 0.1) is 5.92 Å². The third-order valence-corrected chi connectivity index (χ3v) is 4.63. The Morgan fingerprint density at radius 1 is 1.24 bits per heavy atom. The molecule has 0 saturated carbocycles. The lowest BCUT2D eigenvalue weighted by molar-refractivity contribution is -0.145. The van der Waals surface area contributed by atoms with Crippen LogP contribution in [0.3, 0.4) is 0 Å². The molecule has 0 unspecified atom stereocenters. The van der Waals surface area contributed by atoms with E-state index in [1.807, 2.05) is 17.0 Å². The first kappa shape index (κ1) is 15.1. The van der Waals surface area contributed by atoms with E-state index >= 15 is 0 Å². The van der Waals surface area contributed by atoms with Gasteiger partial charge in [0.05, 0.1) is 19.1 Å². The number of hydrogen-bond donors (Lipinski definition) is 0. The molecule has 114 valence electrons. The van der Waals surface area contributed by atoms with Gasteiger partial charge in [0.15, 0.2) is 0 Å². The van der Waals surface area contributed by atoms with Crippen molar-refractivity contribution in [3.8, 4) is 0 Å². The normalized spacial score (nSPS) is 20.4. The number of rotatable bonds is 3. The number of likely N-dealkylation sites (tertiary alicyclic amines) is 1. The predicted molar refractivity (Wildman–Crippen MR) is 82.6 cm³/mol. The van der Waals surface area contributed by atoms with Gasteiger partial charge in [0, 0.05) is 42.8 Å². The van der Waals surface area contributed by atoms with E-state index in [0.717, 1.165) is 38.3 Å². The summed E-state index contributed by atoms with van der Waals surface area (Å²) >= 11 is 12.1. The summed E-state index contributed by atoms with van der Waals surface area (Å²) in [5.41, 5.74) is 1.05. The monoisotopic (exact) mass is 328 g/mol. The van der Waals surface area contributed by atoms with Gasteiger partial charge in [-0.15, -0.1) is 0 Å². The molecule has 0 N–H and O–H groups in total. The molecule has 0 atom stereocenters. The molecular weight excluding hydrogens is 311 g/mol. The van der Waals surface area contributed by atoms with Crippen LogP contribution in [0.5, 0.6) is 0 Å². The van der Waals surface area contributed by atoms with E-state index in [0.29, 0.717) is 23.3 Å². The van der Waals surface area contributed by atoms with Gasteiger partial charge in [-0.05, 0) is 17.7 Å². The van der Waals surface area contributed by atoms with Gasteiger partial charge in [0.25, 0.3) is 0 Å². The quantitative estimate of drug-likeness (QED) is 0.853. The van der Waals surface area contributed by atoms with Crippen molar-refractivity contribution in [2.75, 3.05) is 39.4 Å². The van der Waals surface area contributed by atoms with Crippen LogP contribution < -0.4 is 0 Å². The first-order valence-electron chi connectivity index (χ1n) is 7.16. The molecule has 2 aliphatic heterocycles. The zero-order valence-corrected chi connectivity index (χ0v) is 13.2. The number of halogens is 2. The smallest absolute Gasteiger partial charge is 0.228 e. The highest BCUT2D eigenvalue weighted by Crippen LogP contribution is 2.26. The molecule has 2 fully saturated rings. The first-order valence-corrected chi connectivity index (χ1v) is 7.92. The van der Waals surface area contributed by atoms with Gasteiger partial charge in [-0.1, -0.05) is 29.3 Å². The van der Waals surface area contributed by atoms with Gasteiger partial charge < -0.3 is 9.64 Å². The maximum absolute atomic E-state index is 12.3. The molecule has 0 aromatic heterocycles. The van der Waals surface area contributed by atoms with Crippen molar-refractivity contribution in [1.82, 2.24) is 9.80 Å². The second kappa shape index (κ2) is 6.53. The fourth-order valence-corrected chi connectivity index (χ4v) is 3.26. The Hall–Kier alpha value is -0.810. The van der Waals surface area contributed by atoms with E-state index in [1.165, 1.54) is 0 Å². The van der Waals surface area contributed by atoms with E-state index in [1.54, 1.807) is 6.07 Å². The number of carbonyl (C=O) groups excluding carboxylic acids is 1. The van der Waals surface area contributed by atoms with Crippen LogP contribution in [0.15, 0.2) is 18.2 Å². The summed E-state index contributed by atoms with van der Waals surface area (Å²) < 4.78 is 5.27. The van der Waals surface area contributed by atoms with E-state index in [2.05, 4.69) is 4.90 Å². The molecular formula is C15H18Cl2N2O2. The van der Waals surface area contributed by atoms with E-state index < -0.39 is 0 Å². The third-order valence-electron chi connectivity index (χ3n) is 4.04. The molecule has 21 heavy (non-hydrogen) atoms. The van der Waals surface area contributed by atoms with Crippen molar-refractivity contribution in [3.05, 3.63) is 33.8 Å². The number of benzene rings is 1. The highest BCUT2D eigenvalue weighted by Gasteiger charge is 2.35. The fraction of sp³-hybridized carbons (Fsp3) is 0.533. The number of morpholine rings is 1. The second-order valence-corrected chi connectivity index (χ2v) is 6.41. The molecule has 4 nitrogen and oxygen atoms in total. The zero-order chi connectivity index (χ0) is 14.8. The van der Waals surface area contributed by atoms with Crippen molar-refractivity contribution in [2.45, 2.75) is 6.54 Å². The minimum Gasteiger partial charge on any atom is -0.378 e. The Bertz CT molecular complexity index is 526. The maximum Gasteiger partial charge on any atom is 0.228 e. The largest absolute Gasteiger partial charge is 0.378 e. The van der Waals surface area contributed by atoms with Crippen molar-refractivity contribution in [1.29, 1.82) is 0 Å². The SMILES string of the molecule is O=C(C1CN(Cc2ccc(Cl)cc2Cl)C1)N1CCOCC1. The average molecular weight is 329 g/mol. The van der Waals surface area contributed by atoms with Gasteiger partial charge >= 0.3 is 0 Å². The minimum absolute atomic E-state index is 0.120. The number of ether oxygens (including phenoxy) is 1. The lowest BCUT2D eigenvalue weighted by Gasteiger charge is -2.41. The fourth-order valence-electron chi connectivity index (χ4n) is 2.79. The lowest BCUT2D eigenvalue weighted by atomic mass is 9.97. The highest BCUT2D eigenvalue weighted by molar-refractivity contribution is 6.35. The van der Waals surface area contributed by atoms with Crippen molar-refractivity contribution in [2.24, 2.45) is 5.92 Å². The van der Waals surface area contributed by atoms with Gasteiger partial charge in [-0.25, -0.2) is 0 Å². The number of carbonyl (C=O) groups is 1. The molecule has 0 bridgehead atoms. The topological polar surface area (TPSA) is 32.8 Å². The Morgan fingerprint density at radius 3 is 2.62 bits per heavy atom. The molecule has 0 spiro atoms. The summed E-state index contributed by atoms with van der Waals surface area (Å²) in [6.45, 7) is 5.12. The van der Waals surface area contributed by atoms with Gasteiger partial charge in [0.2, 0.25) is 5.91 Å². The Labute approximate surface area is 134 Å². The van der Waals surface area contributed by atoms with Gasteiger partial charge in [0.1, 0.15) is 0 Å². The van der Waals surface area contributed by atoms with E-state index in [9.17, 15) is 4.79 Å². The predicted octanol–water partition coefficient (Wildman–Crippen LogP) is 2.28. The zero-order valence-electron chi connectivity index (χ0n) is 11.7. The lowest BCUT2D eigenvalue weighted by Crippen LogP contribution is -2.55. The van der Waals surface area contributed by atoms with Crippen LogP contribution in [0.2, 0.25) is 10.0 Å². The third kappa shape index (κ3) is 3.51. The van der Waals surface area contributed by atoms with Crippen molar-refractivity contribution >= 4 is 29.1 Å². The molecule has 2 saturated heterocycles. The summed E-state index contributed by atoms with van der Waals surface area (Å²) in [6.07, 6.45) is 0. The number of hydrogen-bond acceptors (Lipinski definition) is 3. The Kier molecular flexibility index (Phi) is 4.69. The molecule has 0 aliphatic carbocycles. The minimum atomic E-state index is 0.120. The molecule has 0 radical (unpaired) electrons. The summed E-state index contributed by atoms with van der Waals surface area (Å²) in [4.78, 5) is 16.4. The molecule has 1 aromatic carbocycles.